The van der Waals surface area contributed by atoms with Crippen molar-refractivity contribution in [1.29, 1.82) is 0 Å². The summed E-state index contributed by atoms with van der Waals surface area (Å²) in [7, 11) is 0. The largest absolute Gasteiger partial charge is 0.338 e. The van der Waals surface area contributed by atoms with Gasteiger partial charge < -0.3 is 15.2 Å². The van der Waals surface area contributed by atoms with Crippen LogP contribution in [0.4, 0.5) is 5.69 Å². The molecule has 8 heteroatoms. The molecule has 2 heterocycles. The van der Waals surface area contributed by atoms with Crippen LogP contribution in [0, 0.1) is 10.7 Å². The van der Waals surface area contributed by atoms with Crippen molar-refractivity contribution in [3.05, 3.63) is 76.3 Å². The number of rotatable bonds is 4. The molecule has 0 saturated carbocycles. The number of benzene rings is 2. The van der Waals surface area contributed by atoms with Gasteiger partial charge in [0.1, 0.15) is 0 Å². The first kappa shape index (κ1) is 20.4. The number of H-pyrrole nitrogens is 1. The number of piperidine rings is 1. The molecular formula is C22H21ClN4O2S. The zero-order chi connectivity index (χ0) is 21.1. The Morgan fingerprint density at radius 2 is 1.97 bits per heavy atom. The zero-order valence-corrected chi connectivity index (χ0v) is 17.7. The molecular weight excluding hydrogens is 420 g/mol. The van der Waals surface area contributed by atoms with Gasteiger partial charge >= 0.3 is 0 Å². The second-order valence-corrected chi connectivity index (χ2v) is 8.10. The monoisotopic (exact) mass is 440 g/mol. The van der Waals surface area contributed by atoms with E-state index in [1.807, 2.05) is 35.0 Å². The quantitative estimate of drug-likeness (QED) is 0.579. The van der Waals surface area contributed by atoms with E-state index in [0.717, 1.165) is 18.5 Å². The van der Waals surface area contributed by atoms with E-state index in [9.17, 15) is 9.59 Å². The number of likely N-dealkylation sites (tertiary alicyclic amines) is 1. The molecule has 0 radical (unpaired) electrons. The number of carbonyl (C=O) groups is 2. The molecule has 4 rings (SSSR count). The Labute approximate surface area is 184 Å². The molecule has 1 aromatic heterocycles. The summed E-state index contributed by atoms with van der Waals surface area (Å²) in [6, 6.07) is 14.3. The number of halogens is 1. The van der Waals surface area contributed by atoms with Crippen LogP contribution in [0.15, 0.2) is 60.9 Å². The highest BCUT2D eigenvalue weighted by molar-refractivity contribution is 7.71. The number of anilines is 1. The average Bonchev–Trinajstić information content (AvgIpc) is 3.20. The third-order valence-corrected chi connectivity index (χ3v) is 5.78. The second-order valence-electron chi connectivity index (χ2n) is 7.27. The zero-order valence-electron chi connectivity index (χ0n) is 16.2. The van der Waals surface area contributed by atoms with Crippen molar-refractivity contribution < 1.29 is 9.59 Å². The highest BCUT2D eigenvalue weighted by Gasteiger charge is 2.29. The van der Waals surface area contributed by atoms with E-state index in [4.69, 9.17) is 23.8 Å². The molecule has 0 aliphatic carbocycles. The first-order valence-electron chi connectivity index (χ1n) is 9.73. The molecule has 2 N–H and O–H groups in total. The summed E-state index contributed by atoms with van der Waals surface area (Å²) in [5.41, 5.74) is 2.14. The van der Waals surface area contributed by atoms with Gasteiger partial charge in [-0.2, -0.15) is 0 Å². The van der Waals surface area contributed by atoms with Crippen LogP contribution < -0.4 is 5.32 Å². The molecule has 3 aromatic rings. The fourth-order valence-electron chi connectivity index (χ4n) is 3.65. The van der Waals surface area contributed by atoms with Crippen LogP contribution in [0.25, 0.3) is 5.69 Å². The van der Waals surface area contributed by atoms with Gasteiger partial charge in [0.15, 0.2) is 4.77 Å². The first-order valence-corrected chi connectivity index (χ1v) is 10.5. The summed E-state index contributed by atoms with van der Waals surface area (Å²) in [6.45, 7) is 1.04. The van der Waals surface area contributed by atoms with Gasteiger partial charge in [-0.05, 0) is 67.5 Å². The van der Waals surface area contributed by atoms with E-state index in [2.05, 4.69) is 10.3 Å². The first-order chi connectivity index (χ1) is 14.5. The molecule has 1 unspecified atom stereocenters. The lowest BCUT2D eigenvalue weighted by molar-refractivity contribution is -0.121. The molecule has 1 saturated heterocycles. The fraction of sp³-hybridized carbons (Fsp3) is 0.227. The maximum Gasteiger partial charge on any atom is 0.253 e. The lowest BCUT2D eigenvalue weighted by atomic mass is 9.96. The van der Waals surface area contributed by atoms with Gasteiger partial charge in [0.2, 0.25) is 5.91 Å². The summed E-state index contributed by atoms with van der Waals surface area (Å²) >= 11 is 11.2. The minimum Gasteiger partial charge on any atom is -0.338 e. The molecule has 154 valence electrons. The van der Waals surface area contributed by atoms with Gasteiger partial charge in [0, 0.05) is 47.4 Å². The number of nitrogens with zero attached hydrogens (tertiary/aromatic N) is 2. The summed E-state index contributed by atoms with van der Waals surface area (Å²) in [5, 5.41) is 3.58. The lowest BCUT2D eigenvalue weighted by Gasteiger charge is -2.32. The standard InChI is InChI=1S/C22H21ClN4O2S/c23-17-8-6-15(7-9-17)21(29)26-11-2-3-16(14-26)20(28)25-18-4-1-5-19(13-18)27-12-10-24-22(27)30/h1,4-10,12-13,16H,2-3,11,14H2,(H,24,30)(H,25,28). The topological polar surface area (TPSA) is 70.1 Å². The van der Waals surface area contributed by atoms with Gasteiger partial charge in [0.05, 0.1) is 5.92 Å². The normalized spacial score (nSPS) is 16.3. The van der Waals surface area contributed by atoms with Crippen molar-refractivity contribution in [2.24, 2.45) is 5.92 Å². The van der Waals surface area contributed by atoms with E-state index >= 15 is 0 Å². The van der Waals surface area contributed by atoms with E-state index in [1.54, 1.807) is 35.4 Å². The van der Waals surface area contributed by atoms with Gasteiger partial charge in [-0.25, -0.2) is 0 Å². The van der Waals surface area contributed by atoms with Crippen LogP contribution in [0.3, 0.4) is 0 Å². The highest BCUT2D eigenvalue weighted by Crippen LogP contribution is 2.22. The minimum absolute atomic E-state index is 0.0759. The van der Waals surface area contributed by atoms with E-state index in [0.29, 0.717) is 34.1 Å². The number of imidazole rings is 1. The van der Waals surface area contributed by atoms with Crippen LogP contribution in [0.5, 0.6) is 0 Å². The van der Waals surface area contributed by atoms with Gasteiger partial charge in [-0.1, -0.05) is 17.7 Å². The Morgan fingerprint density at radius 3 is 2.70 bits per heavy atom. The van der Waals surface area contributed by atoms with E-state index in [-0.39, 0.29) is 17.7 Å². The average molecular weight is 441 g/mol. The van der Waals surface area contributed by atoms with Crippen LogP contribution in [-0.4, -0.2) is 39.4 Å². The minimum atomic E-state index is -0.256. The number of hydrogen-bond donors (Lipinski definition) is 2. The molecule has 6 nitrogen and oxygen atoms in total. The lowest BCUT2D eigenvalue weighted by Crippen LogP contribution is -2.43. The SMILES string of the molecule is O=C(Nc1cccc(-n2cc[nH]c2=S)c1)C1CCCN(C(=O)c2ccc(Cl)cc2)C1. The summed E-state index contributed by atoms with van der Waals surface area (Å²) in [6.07, 6.45) is 5.14. The van der Waals surface area contributed by atoms with Crippen molar-refractivity contribution in [3.8, 4) is 5.69 Å². The molecule has 2 aromatic carbocycles. The smallest absolute Gasteiger partial charge is 0.253 e. The Balaban J connectivity index is 1.44. The van der Waals surface area contributed by atoms with Crippen molar-refractivity contribution >= 4 is 41.3 Å². The van der Waals surface area contributed by atoms with Crippen LogP contribution in [-0.2, 0) is 4.79 Å². The Morgan fingerprint density at radius 1 is 1.17 bits per heavy atom. The number of aromatic nitrogens is 2. The third kappa shape index (κ3) is 4.47. The molecule has 1 fully saturated rings. The predicted molar refractivity (Wildman–Crippen MR) is 120 cm³/mol. The van der Waals surface area contributed by atoms with Crippen molar-refractivity contribution in [1.82, 2.24) is 14.5 Å². The third-order valence-electron chi connectivity index (χ3n) is 5.21. The summed E-state index contributed by atoms with van der Waals surface area (Å²) in [5.74, 6) is -0.417. The van der Waals surface area contributed by atoms with Crippen LogP contribution >= 0.6 is 23.8 Å². The molecule has 0 spiro atoms. The van der Waals surface area contributed by atoms with Crippen molar-refractivity contribution in [2.45, 2.75) is 12.8 Å². The number of aromatic amines is 1. The summed E-state index contributed by atoms with van der Waals surface area (Å²) < 4.78 is 2.42. The molecule has 1 atom stereocenters. The van der Waals surface area contributed by atoms with Crippen LogP contribution in [0.1, 0.15) is 23.2 Å². The Kier molecular flexibility index (Phi) is 6.01. The molecule has 1 aliphatic rings. The maximum atomic E-state index is 12.9. The molecule has 2 amide bonds. The number of nitrogens with one attached hydrogen (secondary N) is 2. The second kappa shape index (κ2) is 8.85. The van der Waals surface area contributed by atoms with Crippen LogP contribution in [0.2, 0.25) is 5.02 Å². The van der Waals surface area contributed by atoms with Gasteiger partial charge in [0.25, 0.3) is 5.91 Å². The van der Waals surface area contributed by atoms with Crippen molar-refractivity contribution in [2.75, 3.05) is 18.4 Å². The Hall–Kier alpha value is -2.90. The maximum absolute atomic E-state index is 12.9. The molecule has 1 aliphatic heterocycles. The van der Waals surface area contributed by atoms with E-state index in [1.165, 1.54) is 0 Å². The molecule has 30 heavy (non-hydrogen) atoms. The molecule has 0 bridgehead atoms. The number of carbonyl (C=O) groups excluding carboxylic acids is 2. The van der Waals surface area contributed by atoms with Crippen molar-refractivity contribution in [3.63, 3.8) is 0 Å². The number of hydrogen-bond acceptors (Lipinski definition) is 3. The fourth-order valence-corrected chi connectivity index (χ4v) is 4.01. The predicted octanol–water partition coefficient (Wildman–Crippen LogP) is 4.68. The van der Waals surface area contributed by atoms with Gasteiger partial charge in [-0.15, -0.1) is 0 Å². The van der Waals surface area contributed by atoms with Gasteiger partial charge in [-0.3, -0.25) is 14.2 Å². The highest BCUT2D eigenvalue weighted by atomic mass is 35.5. The Bertz CT molecular complexity index is 1120. The number of amides is 2. The summed E-state index contributed by atoms with van der Waals surface area (Å²) in [4.78, 5) is 30.4. The van der Waals surface area contributed by atoms with E-state index < -0.39 is 0 Å².